The van der Waals surface area contributed by atoms with Crippen LogP contribution in [0, 0.1) is 0 Å². The van der Waals surface area contributed by atoms with E-state index in [-0.39, 0.29) is 22.4 Å². The number of rotatable bonds is 5. The maximum Gasteiger partial charge on any atom is 0.245 e. The molecular weight excluding hydrogens is 504 g/mol. The van der Waals surface area contributed by atoms with Gasteiger partial charge in [0.1, 0.15) is 10.8 Å². The molecule has 3 aromatic heterocycles. The van der Waals surface area contributed by atoms with Gasteiger partial charge in [0.25, 0.3) is 0 Å². The number of carbonyl (C=O) groups is 1. The highest BCUT2D eigenvalue weighted by Gasteiger charge is 2.26. The number of aromatic nitrogens is 3. The maximum absolute atomic E-state index is 13.5. The monoisotopic (exact) mass is 515 g/mol. The van der Waals surface area contributed by atoms with E-state index in [1.54, 1.807) is 47.2 Å². The number of oxazole rings is 1. The summed E-state index contributed by atoms with van der Waals surface area (Å²) in [4.78, 5) is 21.9. The first-order valence-corrected chi connectivity index (χ1v) is 11.3. The molecule has 3 heterocycles. The normalized spacial score (nSPS) is 11.3. The summed E-state index contributed by atoms with van der Waals surface area (Å²) in [6.07, 6.45) is 2.99. The Bertz CT molecular complexity index is 1510. The molecule has 2 aromatic carbocycles. The zero-order valence-corrected chi connectivity index (χ0v) is 19.8. The lowest BCUT2D eigenvalue weighted by Crippen LogP contribution is -2.03. The lowest BCUT2D eigenvalue weighted by atomic mass is 10.1. The average Bonchev–Trinajstić information content (AvgIpc) is 3.39. The third-order valence-corrected chi connectivity index (χ3v) is 6.36. The Morgan fingerprint density at radius 3 is 2.48 bits per heavy atom. The summed E-state index contributed by atoms with van der Waals surface area (Å²) in [5.41, 5.74) is 2.31. The lowest BCUT2D eigenvalue weighted by Gasteiger charge is -2.09. The van der Waals surface area contributed by atoms with Gasteiger partial charge < -0.3 is 8.98 Å². The van der Waals surface area contributed by atoms with Gasteiger partial charge in [-0.05, 0) is 48.0 Å². The summed E-state index contributed by atoms with van der Waals surface area (Å²) in [5, 5.41) is 2.33. The highest BCUT2D eigenvalue weighted by atomic mass is 35.5. The molecule has 0 radical (unpaired) electrons. The SMILES string of the molecule is O=C(c1cnc(-c2ccccn2)o1)c1c(Cl)n(Cc2ccc(Cl)cc2Cl)c2ccc(Cl)cc12. The largest absolute Gasteiger partial charge is 0.431 e. The maximum atomic E-state index is 13.5. The summed E-state index contributed by atoms with van der Waals surface area (Å²) in [6, 6.07) is 15.8. The van der Waals surface area contributed by atoms with E-state index in [1.165, 1.54) is 6.20 Å². The molecular formula is C24H13Cl4N3O2. The van der Waals surface area contributed by atoms with Crippen LogP contribution in [0.25, 0.3) is 22.5 Å². The molecule has 164 valence electrons. The van der Waals surface area contributed by atoms with E-state index < -0.39 is 5.78 Å². The van der Waals surface area contributed by atoms with E-state index >= 15 is 0 Å². The molecule has 0 unspecified atom stereocenters. The number of hydrogen-bond donors (Lipinski definition) is 0. The van der Waals surface area contributed by atoms with Crippen LogP contribution in [0.3, 0.4) is 0 Å². The van der Waals surface area contributed by atoms with Crippen molar-refractivity contribution in [2.75, 3.05) is 0 Å². The number of hydrogen-bond acceptors (Lipinski definition) is 4. The van der Waals surface area contributed by atoms with Crippen molar-refractivity contribution in [2.24, 2.45) is 0 Å². The second-order valence-electron chi connectivity index (χ2n) is 7.22. The van der Waals surface area contributed by atoms with Crippen molar-refractivity contribution < 1.29 is 9.21 Å². The fraction of sp³-hybridized carbons (Fsp3) is 0.0417. The average molecular weight is 517 g/mol. The van der Waals surface area contributed by atoms with Crippen molar-refractivity contribution in [1.82, 2.24) is 14.5 Å². The standard InChI is InChI=1S/C24H13Cl4N3O2/c25-14-6-7-19-16(9-14)21(23(28)31(19)12-13-4-5-15(26)10-17(13)27)22(32)20-11-30-24(33-20)18-3-1-2-8-29-18/h1-11H,12H2. The van der Waals surface area contributed by atoms with E-state index in [0.29, 0.717) is 32.7 Å². The summed E-state index contributed by atoms with van der Waals surface area (Å²) < 4.78 is 7.52. The van der Waals surface area contributed by atoms with E-state index in [4.69, 9.17) is 50.8 Å². The minimum Gasteiger partial charge on any atom is -0.431 e. The number of carbonyl (C=O) groups excluding carboxylic acids is 1. The van der Waals surface area contributed by atoms with Gasteiger partial charge in [-0.2, -0.15) is 0 Å². The van der Waals surface area contributed by atoms with Gasteiger partial charge in [0.2, 0.25) is 11.7 Å². The van der Waals surface area contributed by atoms with Gasteiger partial charge in [-0.1, -0.05) is 58.5 Å². The topological polar surface area (TPSA) is 60.9 Å². The molecule has 0 bridgehead atoms. The smallest absolute Gasteiger partial charge is 0.245 e. The molecule has 0 saturated carbocycles. The number of ketones is 1. The third kappa shape index (κ3) is 4.13. The van der Waals surface area contributed by atoms with Gasteiger partial charge in [0.05, 0.1) is 23.8 Å². The zero-order chi connectivity index (χ0) is 23.1. The summed E-state index contributed by atoms with van der Waals surface area (Å²) in [6.45, 7) is 0.329. The van der Waals surface area contributed by atoms with Crippen molar-refractivity contribution >= 4 is 63.1 Å². The molecule has 0 atom stereocenters. The molecule has 9 heteroatoms. The van der Waals surface area contributed by atoms with Crippen LogP contribution in [0.1, 0.15) is 21.7 Å². The summed E-state index contributed by atoms with van der Waals surface area (Å²) in [7, 11) is 0. The van der Waals surface area contributed by atoms with Gasteiger partial charge in [0, 0.05) is 26.7 Å². The Kier molecular flexibility index (Phi) is 5.89. The van der Waals surface area contributed by atoms with Crippen molar-refractivity contribution in [3.63, 3.8) is 0 Å². The predicted octanol–water partition coefficient (Wildman–Crippen LogP) is 7.58. The summed E-state index contributed by atoms with van der Waals surface area (Å²) in [5.74, 6) is -0.131. The van der Waals surface area contributed by atoms with Crippen LogP contribution in [0.2, 0.25) is 20.2 Å². The number of benzene rings is 2. The quantitative estimate of drug-likeness (QED) is 0.226. The van der Waals surface area contributed by atoms with Crippen molar-refractivity contribution in [3.8, 4) is 11.6 Å². The number of fused-ring (bicyclic) bond motifs is 1. The molecule has 0 aliphatic rings. The molecule has 33 heavy (non-hydrogen) atoms. The first-order chi connectivity index (χ1) is 15.9. The molecule has 5 rings (SSSR count). The van der Waals surface area contributed by atoms with Gasteiger partial charge in [-0.3, -0.25) is 9.78 Å². The van der Waals surface area contributed by atoms with Gasteiger partial charge in [-0.25, -0.2) is 4.98 Å². The summed E-state index contributed by atoms with van der Waals surface area (Å²) >= 11 is 25.4. The highest BCUT2D eigenvalue weighted by molar-refractivity contribution is 6.38. The van der Waals surface area contributed by atoms with Gasteiger partial charge >= 0.3 is 0 Å². The molecule has 0 fully saturated rings. The number of nitrogens with zero attached hydrogens (tertiary/aromatic N) is 3. The van der Waals surface area contributed by atoms with Gasteiger partial charge in [-0.15, -0.1) is 0 Å². The van der Waals surface area contributed by atoms with E-state index in [9.17, 15) is 4.79 Å². The van der Waals surface area contributed by atoms with Crippen LogP contribution in [-0.2, 0) is 6.54 Å². The molecule has 5 aromatic rings. The zero-order valence-electron chi connectivity index (χ0n) is 16.7. The van der Waals surface area contributed by atoms with Crippen LogP contribution >= 0.6 is 46.4 Å². The Balaban J connectivity index is 1.61. The second kappa shape index (κ2) is 8.84. The minimum absolute atomic E-state index is 0.0427. The van der Waals surface area contributed by atoms with Crippen molar-refractivity contribution in [2.45, 2.75) is 6.54 Å². The molecule has 0 saturated heterocycles. The predicted molar refractivity (Wildman–Crippen MR) is 131 cm³/mol. The molecule has 0 spiro atoms. The lowest BCUT2D eigenvalue weighted by molar-refractivity contribution is 0.101. The number of pyridine rings is 1. The van der Waals surface area contributed by atoms with E-state index in [2.05, 4.69) is 9.97 Å². The van der Waals surface area contributed by atoms with Crippen molar-refractivity contribution in [1.29, 1.82) is 0 Å². The number of halogens is 4. The van der Waals surface area contributed by atoms with Gasteiger partial charge in [0.15, 0.2) is 5.76 Å². The van der Waals surface area contributed by atoms with Crippen LogP contribution in [-0.4, -0.2) is 20.3 Å². The molecule has 0 aliphatic heterocycles. The fourth-order valence-corrected chi connectivity index (χ4v) is 4.58. The second-order valence-corrected chi connectivity index (χ2v) is 8.86. The first-order valence-electron chi connectivity index (χ1n) is 9.75. The Morgan fingerprint density at radius 2 is 1.73 bits per heavy atom. The van der Waals surface area contributed by atoms with Crippen LogP contribution in [0.15, 0.2) is 71.4 Å². The molecule has 0 amide bonds. The van der Waals surface area contributed by atoms with E-state index in [1.807, 2.05) is 18.2 Å². The van der Waals surface area contributed by atoms with Crippen LogP contribution in [0.5, 0.6) is 0 Å². The minimum atomic E-state index is -0.414. The van der Waals surface area contributed by atoms with Crippen LogP contribution < -0.4 is 0 Å². The van der Waals surface area contributed by atoms with Crippen molar-refractivity contribution in [3.05, 3.63) is 104 Å². The Hall–Kier alpha value is -2.83. The Morgan fingerprint density at radius 1 is 0.939 bits per heavy atom. The van der Waals surface area contributed by atoms with Crippen LogP contribution in [0.4, 0.5) is 0 Å². The first kappa shape index (κ1) is 22.0. The fourth-order valence-electron chi connectivity index (χ4n) is 3.60. The molecule has 0 aliphatic carbocycles. The Labute approximate surface area is 208 Å². The van der Waals surface area contributed by atoms with E-state index in [0.717, 1.165) is 11.1 Å². The molecule has 0 N–H and O–H groups in total. The highest BCUT2D eigenvalue weighted by Crippen LogP contribution is 2.35. The third-order valence-electron chi connectivity index (χ3n) is 5.15. The molecule has 5 nitrogen and oxygen atoms in total.